The fourth-order valence-corrected chi connectivity index (χ4v) is 4.98. The zero-order valence-corrected chi connectivity index (χ0v) is 16.6. The van der Waals surface area contributed by atoms with E-state index in [0.29, 0.717) is 31.5 Å². The van der Waals surface area contributed by atoms with Crippen LogP contribution in [0, 0.1) is 12.8 Å². The molecule has 1 aromatic heterocycles. The van der Waals surface area contributed by atoms with Gasteiger partial charge in [-0.3, -0.25) is 4.79 Å². The van der Waals surface area contributed by atoms with Crippen molar-refractivity contribution in [1.82, 2.24) is 14.1 Å². The maximum atomic E-state index is 12.7. The van der Waals surface area contributed by atoms with Crippen LogP contribution >= 0.6 is 0 Å². The van der Waals surface area contributed by atoms with E-state index in [1.807, 2.05) is 44.2 Å². The molecule has 0 bridgehead atoms. The van der Waals surface area contributed by atoms with Crippen molar-refractivity contribution in [3.63, 3.8) is 0 Å². The van der Waals surface area contributed by atoms with Gasteiger partial charge in [0.25, 0.3) is 0 Å². The molecular weight excluding hydrogens is 364 g/mol. The number of piperidine rings is 1. The van der Waals surface area contributed by atoms with Crippen molar-refractivity contribution in [2.75, 3.05) is 24.2 Å². The van der Waals surface area contributed by atoms with Gasteiger partial charge < -0.3 is 5.32 Å². The first-order chi connectivity index (χ1) is 12.9. The van der Waals surface area contributed by atoms with Gasteiger partial charge in [0.1, 0.15) is 0 Å². The Morgan fingerprint density at radius 3 is 2.85 bits per heavy atom. The van der Waals surface area contributed by atoms with Gasteiger partial charge in [0.15, 0.2) is 0 Å². The highest BCUT2D eigenvalue weighted by Crippen LogP contribution is 2.22. The summed E-state index contributed by atoms with van der Waals surface area (Å²) in [4.78, 5) is 12.7. The highest BCUT2D eigenvalue weighted by molar-refractivity contribution is 7.89. The maximum absolute atomic E-state index is 12.7. The fraction of sp³-hybridized carbons (Fsp3) is 0.474. The highest BCUT2D eigenvalue weighted by Gasteiger charge is 2.31. The van der Waals surface area contributed by atoms with E-state index in [-0.39, 0.29) is 24.1 Å². The predicted octanol–water partition coefficient (Wildman–Crippen LogP) is 2.57. The standard InChI is InChI=1S/C19H26N4O3S/c1-3-12-27(25,26)22-11-5-6-16(14-22)19(24)21-17-7-4-8-18(13-17)23-15(2)9-10-20-23/h4,7-10,13,16H,3,5-6,11-12,14H2,1-2H3,(H,21,24). The largest absolute Gasteiger partial charge is 0.326 e. The van der Waals surface area contributed by atoms with Crippen LogP contribution in [0.25, 0.3) is 5.69 Å². The molecule has 1 aliphatic heterocycles. The van der Waals surface area contributed by atoms with Crippen molar-refractivity contribution in [2.24, 2.45) is 5.92 Å². The number of aryl methyl sites for hydroxylation is 1. The minimum Gasteiger partial charge on any atom is -0.326 e. The molecule has 1 N–H and O–H groups in total. The van der Waals surface area contributed by atoms with Gasteiger partial charge >= 0.3 is 0 Å². The van der Waals surface area contributed by atoms with Crippen LogP contribution in [-0.4, -0.2) is 47.3 Å². The molecule has 0 saturated carbocycles. The van der Waals surface area contributed by atoms with E-state index >= 15 is 0 Å². The van der Waals surface area contributed by atoms with Crippen molar-refractivity contribution < 1.29 is 13.2 Å². The third-order valence-corrected chi connectivity index (χ3v) is 6.84. The molecule has 146 valence electrons. The molecule has 1 fully saturated rings. The molecule has 27 heavy (non-hydrogen) atoms. The van der Waals surface area contributed by atoms with Crippen LogP contribution in [0.1, 0.15) is 31.9 Å². The Hall–Kier alpha value is -2.19. The van der Waals surface area contributed by atoms with Crippen LogP contribution in [0.5, 0.6) is 0 Å². The average molecular weight is 391 g/mol. The van der Waals surface area contributed by atoms with Gasteiger partial charge in [-0.05, 0) is 50.5 Å². The predicted molar refractivity (Wildman–Crippen MR) is 105 cm³/mol. The summed E-state index contributed by atoms with van der Waals surface area (Å²) >= 11 is 0. The second kappa shape index (κ2) is 8.22. The molecule has 1 aliphatic rings. The summed E-state index contributed by atoms with van der Waals surface area (Å²) < 4.78 is 27.9. The molecule has 2 aromatic rings. The average Bonchev–Trinajstić information content (AvgIpc) is 3.08. The summed E-state index contributed by atoms with van der Waals surface area (Å²) in [6.07, 6.45) is 3.71. The van der Waals surface area contributed by atoms with Crippen LogP contribution in [0.3, 0.4) is 0 Å². The van der Waals surface area contributed by atoms with Gasteiger partial charge in [-0.25, -0.2) is 17.4 Å². The minimum absolute atomic E-state index is 0.132. The molecule has 1 unspecified atom stereocenters. The van der Waals surface area contributed by atoms with Crippen LogP contribution < -0.4 is 5.32 Å². The number of amides is 1. The molecule has 1 amide bonds. The van der Waals surface area contributed by atoms with E-state index in [1.54, 1.807) is 10.9 Å². The molecule has 8 heteroatoms. The van der Waals surface area contributed by atoms with Gasteiger partial charge in [-0.2, -0.15) is 5.10 Å². The number of carbonyl (C=O) groups is 1. The topological polar surface area (TPSA) is 84.3 Å². The van der Waals surface area contributed by atoms with E-state index in [4.69, 9.17) is 0 Å². The number of benzene rings is 1. The molecule has 3 rings (SSSR count). The van der Waals surface area contributed by atoms with Crippen molar-refractivity contribution in [3.05, 3.63) is 42.2 Å². The molecule has 0 spiro atoms. The third kappa shape index (κ3) is 4.56. The van der Waals surface area contributed by atoms with Crippen molar-refractivity contribution in [1.29, 1.82) is 0 Å². The Balaban J connectivity index is 1.69. The lowest BCUT2D eigenvalue weighted by molar-refractivity contribution is -0.120. The third-order valence-electron chi connectivity index (χ3n) is 4.80. The Kier molecular flexibility index (Phi) is 5.96. The Morgan fingerprint density at radius 2 is 2.15 bits per heavy atom. The molecule has 0 radical (unpaired) electrons. The molecule has 0 aliphatic carbocycles. The summed E-state index contributed by atoms with van der Waals surface area (Å²) in [6.45, 7) is 4.57. The monoisotopic (exact) mass is 390 g/mol. The number of nitrogens with zero attached hydrogens (tertiary/aromatic N) is 3. The number of sulfonamides is 1. The van der Waals surface area contributed by atoms with Crippen molar-refractivity contribution >= 4 is 21.6 Å². The molecule has 1 saturated heterocycles. The van der Waals surface area contributed by atoms with Crippen LogP contribution in [0.4, 0.5) is 5.69 Å². The number of aromatic nitrogens is 2. The highest BCUT2D eigenvalue weighted by atomic mass is 32.2. The SMILES string of the molecule is CCCS(=O)(=O)N1CCCC(C(=O)Nc2cccc(-n3nccc3C)c2)C1. The van der Waals surface area contributed by atoms with Gasteiger partial charge in [-0.1, -0.05) is 13.0 Å². The number of nitrogens with one attached hydrogen (secondary N) is 1. The first-order valence-corrected chi connectivity index (χ1v) is 10.9. The van der Waals surface area contributed by atoms with Crippen molar-refractivity contribution in [2.45, 2.75) is 33.1 Å². The van der Waals surface area contributed by atoms with Crippen molar-refractivity contribution in [3.8, 4) is 5.69 Å². The van der Waals surface area contributed by atoms with Gasteiger partial charge in [-0.15, -0.1) is 0 Å². The Labute approximate surface area is 160 Å². The molecule has 1 aromatic carbocycles. The summed E-state index contributed by atoms with van der Waals surface area (Å²) in [5.74, 6) is -0.340. The second-order valence-corrected chi connectivity index (χ2v) is 9.03. The zero-order chi connectivity index (χ0) is 19.4. The summed E-state index contributed by atoms with van der Waals surface area (Å²) in [5, 5.41) is 7.22. The van der Waals surface area contributed by atoms with Gasteiger partial charge in [0.05, 0.1) is 17.4 Å². The normalized spacial score (nSPS) is 18.4. The van der Waals surface area contributed by atoms with E-state index in [2.05, 4.69) is 10.4 Å². The van der Waals surface area contributed by atoms with Gasteiger partial charge in [0.2, 0.25) is 15.9 Å². The van der Waals surface area contributed by atoms with Crippen LogP contribution in [-0.2, 0) is 14.8 Å². The first kappa shape index (κ1) is 19.6. The number of hydrogen-bond acceptors (Lipinski definition) is 4. The summed E-state index contributed by atoms with van der Waals surface area (Å²) in [6, 6.07) is 9.40. The van der Waals surface area contributed by atoms with E-state index < -0.39 is 10.0 Å². The van der Waals surface area contributed by atoms with E-state index in [9.17, 15) is 13.2 Å². The Morgan fingerprint density at radius 1 is 1.33 bits per heavy atom. The fourth-order valence-electron chi connectivity index (χ4n) is 3.40. The second-order valence-electron chi connectivity index (χ2n) is 6.94. The van der Waals surface area contributed by atoms with Crippen LogP contribution in [0.2, 0.25) is 0 Å². The maximum Gasteiger partial charge on any atom is 0.228 e. The lowest BCUT2D eigenvalue weighted by Gasteiger charge is -2.31. The van der Waals surface area contributed by atoms with Crippen LogP contribution in [0.15, 0.2) is 36.5 Å². The molecule has 2 heterocycles. The Bertz CT molecular complexity index is 907. The minimum atomic E-state index is -3.27. The molecular formula is C19H26N4O3S. The first-order valence-electron chi connectivity index (χ1n) is 9.30. The number of hydrogen-bond donors (Lipinski definition) is 1. The van der Waals surface area contributed by atoms with Gasteiger partial charge in [0, 0.05) is 30.7 Å². The van der Waals surface area contributed by atoms with E-state index in [1.165, 1.54) is 4.31 Å². The summed E-state index contributed by atoms with van der Waals surface area (Å²) in [7, 11) is -3.27. The number of rotatable bonds is 6. The lowest BCUT2D eigenvalue weighted by atomic mass is 9.98. The number of anilines is 1. The quantitative estimate of drug-likeness (QED) is 0.822. The molecule has 1 atom stereocenters. The zero-order valence-electron chi connectivity index (χ0n) is 15.8. The number of carbonyl (C=O) groups excluding carboxylic acids is 1. The molecule has 7 nitrogen and oxygen atoms in total. The smallest absolute Gasteiger partial charge is 0.228 e. The summed E-state index contributed by atoms with van der Waals surface area (Å²) in [5.41, 5.74) is 2.55. The van der Waals surface area contributed by atoms with E-state index in [0.717, 1.165) is 11.4 Å². The lowest BCUT2D eigenvalue weighted by Crippen LogP contribution is -2.44.